The van der Waals surface area contributed by atoms with Gasteiger partial charge in [0, 0.05) is 0 Å². The van der Waals surface area contributed by atoms with Gasteiger partial charge < -0.3 is 9.73 Å². The number of hydrogen-bond acceptors (Lipinski definition) is 5. The summed E-state index contributed by atoms with van der Waals surface area (Å²) in [6.07, 6.45) is 2.57. The second-order valence-electron chi connectivity index (χ2n) is 4.36. The zero-order valence-electron chi connectivity index (χ0n) is 12.3. The number of carbonyl (C=O) groups is 1. The van der Waals surface area contributed by atoms with E-state index in [1.807, 2.05) is 0 Å². The average molecular weight is 347 g/mol. The number of benzene rings is 1. The fraction of sp³-hybridized carbons (Fsp3) is 0. The van der Waals surface area contributed by atoms with Crippen molar-refractivity contribution in [2.24, 2.45) is 0 Å². The molecule has 1 heterocycles. The first kappa shape index (κ1) is 17.3. The Bertz CT molecular complexity index is 932. The first-order chi connectivity index (χ1) is 11.5. The van der Waals surface area contributed by atoms with E-state index in [4.69, 9.17) is 8.97 Å². The molecule has 24 heavy (non-hydrogen) atoms. The normalized spacial score (nSPS) is 12.9. The molecule has 0 aliphatic heterocycles. The number of rotatable bonds is 5. The molecule has 9 heteroatoms. The molecule has 0 aliphatic rings. The Balaban J connectivity index is 2.54. The molecule has 0 spiro atoms. The summed E-state index contributed by atoms with van der Waals surface area (Å²) in [7, 11) is 0. The van der Waals surface area contributed by atoms with Crippen LogP contribution >= 0.6 is 0 Å². The quantitative estimate of drug-likeness (QED) is 0.559. The summed E-state index contributed by atoms with van der Waals surface area (Å²) in [6, 6.07) is 5.66. The van der Waals surface area contributed by atoms with E-state index in [0.717, 1.165) is 0 Å². The number of carbonyl (C=O) groups excluding carboxylic acids is 1. The molecule has 0 saturated carbocycles. The van der Waals surface area contributed by atoms with Gasteiger partial charge in [0.25, 0.3) is 11.3 Å². The summed E-state index contributed by atoms with van der Waals surface area (Å²) in [5, 5.41) is 2.61. The third-order valence-corrected chi connectivity index (χ3v) is 3.25. The zero-order valence-corrected chi connectivity index (χ0v) is 13.1. The number of nitrogens with one attached hydrogen (secondary N) is 2. The lowest BCUT2D eigenvalue weighted by atomic mass is 10.2. The molecule has 3 N–H and O–H groups in total. The topological polar surface area (TPSA) is 122 Å². The fourth-order valence-corrected chi connectivity index (χ4v) is 2.11. The lowest BCUT2D eigenvalue weighted by Crippen LogP contribution is -2.35. The number of amides is 2. The summed E-state index contributed by atoms with van der Waals surface area (Å²) in [4.78, 5) is 27.8. The highest BCUT2D eigenvalue weighted by Crippen LogP contribution is 2.18. The molecule has 0 fully saturated rings. The van der Waals surface area contributed by atoms with Crippen LogP contribution in [0.5, 0.6) is 0 Å². The lowest BCUT2D eigenvalue weighted by Gasteiger charge is -2.09. The van der Waals surface area contributed by atoms with E-state index in [0.29, 0.717) is 10.9 Å². The average Bonchev–Trinajstić information content (AvgIpc) is 2.54. The van der Waals surface area contributed by atoms with E-state index in [1.54, 1.807) is 29.0 Å². The molecule has 124 valence electrons. The Labute approximate surface area is 139 Å². The Kier molecular flexibility index (Phi) is 5.40. The van der Waals surface area contributed by atoms with Gasteiger partial charge in [-0.05, 0) is 18.2 Å². The molecule has 2 aromatic rings. The highest BCUT2D eigenvalue weighted by molar-refractivity contribution is 7.77. The van der Waals surface area contributed by atoms with Crippen LogP contribution in [-0.2, 0) is 11.3 Å². The van der Waals surface area contributed by atoms with Crippen LogP contribution in [0.3, 0.4) is 0 Å². The number of nitrogens with zero attached hydrogens (tertiary/aromatic N) is 1. The van der Waals surface area contributed by atoms with Gasteiger partial charge in [0.2, 0.25) is 5.89 Å². The summed E-state index contributed by atoms with van der Waals surface area (Å²) < 4.78 is 26.1. The van der Waals surface area contributed by atoms with Crippen molar-refractivity contribution >= 4 is 33.8 Å². The molecule has 8 nitrogen and oxygen atoms in total. The van der Waals surface area contributed by atoms with E-state index in [2.05, 4.69) is 23.5 Å². The number of urea groups is 1. The van der Waals surface area contributed by atoms with E-state index in [1.165, 1.54) is 12.2 Å². The van der Waals surface area contributed by atoms with Gasteiger partial charge in [-0.1, -0.05) is 31.4 Å². The summed E-state index contributed by atoms with van der Waals surface area (Å²) in [5.74, 6) is -0.0750. The van der Waals surface area contributed by atoms with E-state index >= 15 is 0 Å². The Morgan fingerprint density at radius 3 is 2.62 bits per heavy atom. The number of aromatic nitrogens is 1. The van der Waals surface area contributed by atoms with Crippen LogP contribution in [-0.4, -0.2) is 19.8 Å². The van der Waals surface area contributed by atoms with Crippen molar-refractivity contribution in [3.8, 4) is 0 Å². The van der Waals surface area contributed by atoms with Crippen molar-refractivity contribution in [2.45, 2.75) is 0 Å². The highest BCUT2D eigenvalue weighted by Gasteiger charge is 2.14. The van der Waals surface area contributed by atoms with Gasteiger partial charge in [0.15, 0.2) is 0 Å². The SMILES string of the molecule is C=C/C(NC(=O)NS(=O)O)=C(\C=C)c1nc2ccccc2c(=O)o1. The van der Waals surface area contributed by atoms with E-state index < -0.39 is 22.9 Å². The predicted molar refractivity (Wildman–Crippen MR) is 90.0 cm³/mol. The van der Waals surface area contributed by atoms with Crippen LogP contribution in [0.15, 0.2) is 64.5 Å². The monoisotopic (exact) mass is 347 g/mol. The van der Waals surface area contributed by atoms with E-state index in [9.17, 15) is 13.8 Å². The molecule has 1 aromatic carbocycles. The van der Waals surface area contributed by atoms with Crippen molar-refractivity contribution in [1.82, 2.24) is 15.0 Å². The summed E-state index contributed by atoms with van der Waals surface area (Å²) in [5.41, 5.74) is 0.0947. The van der Waals surface area contributed by atoms with Crippen molar-refractivity contribution < 1.29 is 18.0 Å². The largest absolute Gasteiger partial charge is 0.403 e. The third kappa shape index (κ3) is 3.83. The van der Waals surface area contributed by atoms with Crippen molar-refractivity contribution in [1.29, 1.82) is 0 Å². The van der Waals surface area contributed by atoms with E-state index in [-0.39, 0.29) is 17.2 Å². The lowest BCUT2D eigenvalue weighted by molar-refractivity contribution is 0.248. The highest BCUT2D eigenvalue weighted by atomic mass is 32.2. The minimum atomic E-state index is -2.53. The molecule has 2 rings (SSSR count). The predicted octanol–water partition coefficient (Wildman–Crippen LogP) is 1.71. The van der Waals surface area contributed by atoms with Crippen molar-refractivity contribution in [3.05, 3.63) is 71.6 Å². The first-order valence-corrected chi connectivity index (χ1v) is 7.65. The summed E-state index contributed by atoms with van der Waals surface area (Å²) >= 11 is -2.53. The molecule has 0 radical (unpaired) electrons. The van der Waals surface area contributed by atoms with Gasteiger partial charge in [0.1, 0.15) is 0 Å². The molecule has 1 aromatic heterocycles. The first-order valence-electron chi connectivity index (χ1n) is 6.54. The third-order valence-electron chi connectivity index (χ3n) is 2.89. The maximum absolute atomic E-state index is 12.0. The van der Waals surface area contributed by atoms with Crippen molar-refractivity contribution in [2.75, 3.05) is 0 Å². The number of para-hydroxylation sites is 1. The molecule has 1 unspecified atom stereocenters. The zero-order chi connectivity index (χ0) is 17.7. The molecular formula is C15H13N3O5S. The molecule has 0 aliphatic carbocycles. The molecule has 2 amide bonds. The van der Waals surface area contributed by atoms with Crippen LogP contribution in [0.4, 0.5) is 4.79 Å². The number of allylic oxidation sites excluding steroid dienone is 3. The summed E-state index contributed by atoms with van der Waals surface area (Å²) in [6.45, 7) is 7.13. The molecular weight excluding hydrogens is 334 g/mol. The minimum absolute atomic E-state index is 0.0750. The van der Waals surface area contributed by atoms with Crippen LogP contribution in [0.25, 0.3) is 16.5 Å². The Morgan fingerprint density at radius 1 is 1.29 bits per heavy atom. The molecule has 0 saturated heterocycles. The maximum atomic E-state index is 12.0. The standard InChI is InChI=1S/C15H13N3O5S/c1-3-9(11(4-2)17-15(20)18-24(21)22)13-16-12-8-6-5-7-10(12)14(19)23-13/h3-8H,1-2H2,(H,21,22)(H2,17,18,20)/b11-9-. The second kappa shape index (κ2) is 7.49. The Hall–Kier alpha value is -3.04. The maximum Gasteiger partial charge on any atom is 0.347 e. The molecule has 0 bridgehead atoms. The van der Waals surface area contributed by atoms with Gasteiger partial charge in [-0.2, -0.15) is 0 Å². The number of hydrogen-bond donors (Lipinski definition) is 3. The molecule has 1 atom stereocenters. The van der Waals surface area contributed by atoms with Gasteiger partial charge in [-0.25, -0.2) is 23.5 Å². The number of fused-ring (bicyclic) bond motifs is 1. The van der Waals surface area contributed by atoms with Crippen molar-refractivity contribution in [3.63, 3.8) is 0 Å². The smallest absolute Gasteiger partial charge is 0.347 e. The van der Waals surface area contributed by atoms with Crippen LogP contribution < -0.4 is 15.7 Å². The van der Waals surface area contributed by atoms with Crippen LogP contribution in [0, 0.1) is 0 Å². The second-order valence-corrected chi connectivity index (χ2v) is 5.07. The van der Waals surface area contributed by atoms with Crippen LogP contribution in [0.2, 0.25) is 0 Å². The Morgan fingerprint density at radius 2 is 2.00 bits per heavy atom. The van der Waals surface area contributed by atoms with Crippen LogP contribution in [0.1, 0.15) is 5.89 Å². The van der Waals surface area contributed by atoms with Gasteiger partial charge in [-0.3, -0.25) is 4.55 Å². The minimum Gasteiger partial charge on any atom is -0.403 e. The van der Waals surface area contributed by atoms with Gasteiger partial charge in [-0.15, -0.1) is 0 Å². The van der Waals surface area contributed by atoms with Gasteiger partial charge >= 0.3 is 11.7 Å². The fourth-order valence-electron chi connectivity index (χ4n) is 1.90. The van der Waals surface area contributed by atoms with Gasteiger partial charge in [0.05, 0.1) is 22.2 Å².